The van der Waals surface area contributed by atoms with E-state index in [9.17, 15) is 4.79 Å². The van der Waals surface area contributed by atoms with Gasteiger partial charge in [-0.3, -0.25) is 9.69 Å². The van der Waals surface area contributed by atoms with Crippen molar-refractivity contribution in [3.8, 4) is 0 Å². The number of nitrogens with zero attached hydrogens (tertiary/aromatic N) is 1. The normalized spacial score (nSPS) is 24.7. The highest BCUT2D eigenvalue weighted by molar-refractivity contribution is 6.30. The van der Waals surface area contributed by atoms with Crippen LogP contribution >= 0.6 is 11.6 Å². The number of carbonyl (C=O) groups is 1. The third-order valence-electron chi connectivity index (χ3n) is 4.96. The lowest BCUT2D eigenvalue weighted by atomic mass is 9.76. The van der Waals surface area contributed by atoms with Crippen LogP contribution in [0.2, 0.25) is 5.02 Å². The van der Waals surface area contributed by atoms with E-state index < -0.39 is 0 Å². The summed E-state index contributed by atoms with van der Waals surface area (Å²) in [6, 6.07) is 8.02. The summed E-state index contributed by atoms with van der Waals surface area (Å²) in [5.41, 5.74) is 6.84. The second-order valence-corrected chi connectivity index (χ2v) is 7.15. The van der Waals surface area contributed by atoms with Crippen LogP contribution in [0, 0.1) is 5.41 Å². The molecule has 0 bridgehead atoms. The van der Waals surface area contributed by atoms with Crippen LogP contribution in [0.4, 0.5) is 0 Å². The first kappa shape index (κ1) is 15.8. The fraction of sp³-hybridized carbons (Fsp3) is 0.588. The molecule has 0 radical (unpaired) electrons. The van der Waals surface area contributed by atoms with E-state index in [0.717, 1.165) is 50.4 Å². The number of halogens is 1. The molecule has 1 amide bonds. The summed E-state index contributed by atoms with van der Waals surface area (Å²) in [6.07, 6.45) is 4.54. The Morgan fingerprint density at radius 1 is 1.32 bits per heavy atom. The van der Waals surface area contributed by atoms with Gasteiger partial charge in [-0.15, -0.1) is 0 Å². The van der Waals surface area contributed by atoms with E-state index in [1.165, 1.54) is 5.56 Å². The molecular weight excluding hydrogens is 300 g/mol. The van der Waals surface area contributed by atoms with Crippen LogP contribution in [0.1, 0.15) is 24.8 Å². The van der Waals surface area contributed by atoms with Crippen LogP contribution < -0.4 is 5.73 Å². The van der Waals surface area contributed by atoms with Gasteiger partial charge >= 0.3 is 0 Å². The van der Waals surface area contributed by atoms with Crippen molar-refractivity contribution in [2.24, 2.45) is 11.1 Å². The summed E-state index contributed by atoms with van der Waals surface area (Å²) in [4.78, 5) is 13.2. The van der Waals surface area contributed by atoms with Gasteiger partial charge in [0.05, 0.1) is 19.3 Å². The number of primary amides is 1. The molecule has 1 atom stereocenters. The van der Waals surface area contributed by atoms with Gasteiger partial charge in [-0.2, -0.15) is 0 Å². The molecule has 2 saturated heterocycles. The molecule has 4 nitrogen and oxygen atoms in total. The standard InChI is InChI=1S/C17H23ClN2O2/c18-14-3-1-13(2-4-14)9-15-10-17(12-22-15)5-7-20(8-6-17)11-16(19)21/h1-4,15H,5-12H2,(H2,19,21). The molecular formula is C17H23ClN2O2. The molecule has 5 heteroatoms. The average Bonchev–Trinajstić information content (AvgIpc) is 2.87. The number of benzene rings is 1. The lowest BCUT2D eigenvalue weighted by molar-refractivity contribution is -0.119. The maximum absolute atomic E-state index is 11.0. The minimum atomic E-state index is -0.237. The quantitative estimate of drug-likeness (QED) is 0.925. The number of nitrogens with two attached hydrogens (primary N) is 1. The van der Waals surface area contributed by atoms with Crippen molar-refractivity contribution in [3.63, 3.8) is 0 Å². The van der Waals surface area contributed by atoms with Gasteiger partial charge in [-0.05, 0) is 61.9 Å². The Morgan fingerprint density at radius 2 is 2.00 bits per heavy atom. The number of ether oxygens (including phenoxy) is 1. The van der Waals surface area contributed by atoms with Gasteiger partial charge < -0.3 is 10.5 Å². The molecule has 2 N–H and O–H groups in total. The van der Waals surface area contributed by atoms with Crippen LogP contribution in [0.5, 0.6) is 0 Å². The number of rotatable bonds is 4. The van der Waals surface area contributed by atoms with E-state index in [2.05, 4.69) is 17.0 Å². The lowest BCUT2D eigenvalue weighted by Crippen LogP contribution is -2.44. The Labute approximate surface area is 136 Å². The van der Waals surface area contributed by atoms with Gasteiger partial charge in [-0.1, -0.05) is 23.7 Å². The fourth-order valence-corrected chi connectivity index (χ4v) is 3.79. The molecule has 1 unspecified atom stereocenters. The Kier molecular flexibility index (Phi) is 4.71. The monoisotopic (exact) mass is 322 g/mol. The molecule has 0 saturated carbocycles. The van der Waals surface area contributed by atoms with Crippen molar-refractivity contribution in [1.29, 1.82) is 0 Å². The smallest absolute Gasteiger partial charge is 0.231 e. The van der Waals surface area contributed by atoms with E-state index in [1.807, 2.05) is 12.1 Å². The van der Waals surface area contributed by atoms with E-state index in [4.69, 9.17) is 22.1 Å². The lowest BCUT2D eigenvalue weighted by Gasteiger charge is -2.37. The maximum atomic E-state index is 11.0. The number of likely N-dealkylation sites (tertiary alicyclic amines) is 1. The van der Waals surface area contributed by atoms with Gasteiger partial charge in [0.25, 0.3) is 0 Å². The van der Waals surface area contributed by atoms with Crippen molar-refractivity contribution >= 4 is 17.5 Å². The molecule has 2 fully saturated rings. The van der Waals surface area contributed by atoms with E-state index in [1.54, 1.807) is 0 Å². The topological polar surface area (TPSA) is 55.6 Å². The van der Waals surface area contributed by atoms with Crippen molar-refractivity contribution in [3.05, 3.63) is 34.9 Å². The number of carbonyl (C=O) groups excluding carboxylic acids is 1. The first-order valence-corrected chi connectivity index (χ1v) is 8.29. The average molecular weight is 323 g/mol. The van der Waals surface area contributed by atoms with E-state index in [-0.39, 0.29) is 5.91 Å². The second kappa shape index (κ2) is 6.57. The third-order valence-corrected chi connectivity index (χ3v) is 5.21. The van der Waals surface area contributed by atoms with Crippen LogP contribution in [0.15, 0.2) is 24.3 Å². The Bertz CT molecular complexity index is 524. The SMILES string of the molecule is NC(=O)CN1CCC2(CC1)COC(Cc1ccc(Cl)cc1)C2. The second-order valence-electron chi connectivity index (χ2n) is 6.71. The third kappa shape index (κ3) is 3.80. The molecule has 0 aromatic heterocycles. The summed E-state index contributed by atoms with van der Waals surface area (Å²) in [5.74, 6) is -0.237. The summed E-state index contributed by atoms with van der Waals surface area (Å²) in [7, 11) is 0. The summed E-state index contributed by atoms with van der Waals surface area (Å²) < 4.78 is 6.05. The Balaban J connectivity index is 1.52. The molecule has 2 aliphatic rings. The molecule has 22 heavy (non-hydrogen) atoms. The van der Waals surface area contributed by atoms with Gasteiger partial charge in [-0.25, -0.2) is 0 Å². The highest BCUT2D eigenvalue weighted by Gasteiger charge is 2.42. The van der Waals surface area contributed by atoms with Crippen LogP contribution in [0.25, 0.3) is 0 Å². The largest absolute Gasteiger partial charge is 0.377 e. The Morgan fingerprint density at radius 3 is 2.64 bits per heavy atom. The van der Waals surface area contributed by atoms with Crippen LogP contribution in [-0.2, 0) is 16.0 Å². The molecule has 2 aliphatic heterocycles. The number of piperidine rings is 1. The molecule has 120 valence electrons. The van der Waals surface area contributed by atoms with E-state index >= 15 is 0 Å². The predicted octanol–water partition coefficient (Wildman–Crippen LogP) is 2.24. The minimum absolute atomic E-state index is 0.237. The maximum Gasteiger partial charge on any atom is 0.231 e. The van der Waals surface area contributed by atoms with Crippen molar-refractivity contribution in [2.75, 3.05) is 26.2 Å². The summed E-state index contributed by atoms with van der Waals surface area (Å²) >= 11 is 5.93. The van der Waals surface area contributed by atoms with Crippen LogP contribution in [-0.4, -0.2) is 43.2 Å². The molecule has 1 aromatic carbocycles. The zero-order valence-electron chi connectivity index (χ0n) is 12.8. The number of amides is 1. The van der Waals surface area contributed by atoms with Crippen LogP contribution in [0.3, 0.4) is 0 Å². The molecule has 1 spiro atoms. The first-order chi connectivity index (χ1) is 10.5. The summed E-state index contributed by atoms with van der Waals surface area (Å²) in [5, 5.41) is 0.773. The number of hydrogen-bond acceptors (Lipinski definition) is 3. The van der Waals surface area contributed by atoms with Gasteiger partial charge in [0.15, 0.2) is 0 Å². The molecule has 3 rings (SSSR count). The highest BCUT2D eigenvalue weighted by Crippen LogP contribution is 2.42. The fourth-order valence-electron chi connectivity index (χ4n) is 3.66. The molecule has 2 heterocycles. The zero-order valence-corrected chi connectivity index (χ0v) is 13.5. The minimum Gasteiger partial charge on any atom is -0.377 e. The van der Waals surface area contributed by atoms with E-state index in [0.29, 0.717) is 18.1 Å². The van der Waals surface area contributed by atoms with Crippen molar-refractivity contribution in [2.45, 2.75) is 31.8 Å². The highest BCUT2D eigenvalue weighted by atomic mass is 35.5. The van der Waals surface area contributed by atoms with Gasteiger partial charge in [0.1, 0.15) is 0 Å². The first-order valence-electron chi connectivity index (χ1n) is 7.91. The Hall–Kier alpha value is -1.10. The van der Waals surface area contributed by atoms with Crippen molar-refractivity contribution in [1.82, 2.24) is 4.90 Å². The predicted molar refractivity (Wildman–Crippen MR) is 86.8 cm³/mol. The zero-order chi connectivity index (χ0) is 15.6. The van der Waals surface area contributed by atoms with Gasteiger partial charge in [0, 0.05) is 5.02 Å². The summed E-state index contributed by atoms with van der Waals surface area (Å²) in [6.45, 7) is 3.11. The molecule has 1 aromatic rings. The number of hydrogen-bond donors (Lipinski definition) is 1. The molecule has 0 aliphatic carbocycles. The van der Waals surface area contributed by atoms with Gasteiger partial charge in [0.2, 0.25) is 5.91 Å². The van der Waals surface area contributed by atoms with Crippen molar-refractivity contribution < 1.29 is 9.53 Å².